The maximum Gasteiger partial charge on any atom is 0.303 e. The van der Waals surface area contributed by atoms with Crippen LogP contribution in [0.15, 0.2) is 24.3 Å². The van der Waals surface area contributed by atoms with E-state index in [1.54, 1.807) is 12.2 Å². The highest BCUT2D eigenvalue weighted by molar-refractivity contribution is 5.94. The van der Waals surface area contributed by atoms with E-state index in [0.29, 0.717) is 19.3 Å². The molecular weight excluding hydrogens is 240 g/mol. The highest BCUT2D eigenvalue weighted by Gasteiger charge is 2.29. The van der Waals surface area contributed by atoms with Gasteiger partial charge in [0.1, 0.15) is 0 Å². The Bertz CT molecular complexity index is 472. The van der Waals surface area contributed by atoms with Gasteiger partial charge in [-0.2, -0.15) is 0 Å². The van der Waals surface area contributed by atoms with Crippen LogP contribution in [0, 0.1) is 17.3 Å². The van der Waals surface area contributed by atoms with Crippen LogP contribution < -0.4 is 0 Å². The number of rotatable bonds is 4. The summed E-state index contributed by atoms with van der Waals surface area (Å²) in [6, 6.07) is 0. The zero-order chi connectivity index (χ0) is 14.5. The van der Waals surface area contributed by atoms with E-state index in [4.69, 9.17) is 4.74 Å². The maximum absolute atomic E-state index is 11.2. The minimum absolute atomic E-state index is 0.110. The topological polar surface area (TPSA) is 43.4 Å². The summed E-state index contributed by atoms with van der Waals surface area (Å²) in [4.78, 5) is 22.3. The molecule has 0 amide bonds. The fourth-order valence-electron chi connectivity index (χ4n) is 1.88. The Morgan fingerprint density at radius 3 is 2.74 bits per heavy atom. The molecule has 0 saturated heterocycles. The van der Waals surface area contributed by atoms with Crippen LogP contribution in [0.3, 0.4) is 0 Å². The summed E-state index contributed by atoms with van der Waals surface area (Å²) in [5, 5.41) is 0. The van der Waals surface area contributed by atoms with Gasteiger partial charge in [-0.25, -0.2) is 0 Å². The van der Waals surface area contributed by atoms with Gasteiger partial charge < -0.3 is 4.74 Å². The SMILES string of the molecule is C=CCC(C)(C)C(C#CC1=CC(=O)CC1)OC(C)=O. The van der Waals surface area contributed by atoms with Gasteiger partial charge in [0.05, 0.1) is 0 Å². The number of esters is 1. The van der Waals surface area contributed by atoms with Crippen molar-refractivity contribution >= 4 is 11.8 Å². The summed E-state index contributed by atoms with van der Waals surface area (Å²) in [5.74, 6) is 5.69. The molecule has 0 heterocycles. The van der Waals surface area contributed by atoms with Crippen molar-refractivity contribution < 1.29 is 14.3 Å². The molecule has 1 atom stereocenters. The minimum Gasteiger partial charge on any atom is -0.449 e. The summed E-state index contributed by atoms with van der Waals surface area (Å²) >= 11 is 0. The molecule has 0 spiro atoms. The monoisotopic (exact) mass is 260 g/mol. The molecule has 0 bridgehead atoms. The lowest BCUT2D eigenvalue weighted by molar-refractivity contribution is -0.148. The van der Waals surface area contributed by atoms with Gasteiger partial charge in [-0.3, -0.25) is 9.59 Å². The van der Waals surface area contributed by atoms with E-state index in [9.17, 15) is 9.59 Å². The number of ether oxygens (including phenoxy) is 1. The summed E-state index contributed by atoms with van der Waals surface area (Å²) in [7, 11) is 0. The maximum atomic E-state index is 11.2. The average molecular weight is 260 g/mol. The first-order valence-electron chi connectivity index (χ1n) is 6.38. The van der Waals surface area contributed by atoms with Crippen LogP contribution in [0.2, 0.25) is 0 Å². The number of hydrogen-bond acceptors (Lipinski definition) is 3. The third-order valence-corrected chi connectivity index (χ3v) is 3.00. The summed E-state index contributed by atoms with van der Waals surface area (Å²) in [6.07, 6.45) is 4.75. The molecule has 1 aliphatic rings. The second-order valence-corrected chi connectivity index (χ2v) is 5.38. The largest absolute Gasteiger partial charge is 0.449 e. The molecule has 0 aromatic heterocycles. The van der Waals surface area contributed by atoms with Gasteiger partial charge in [-0.05, 0) is 18.9 Å². The van der Waals surface area contributed by atoms with Gasteiger partial charge in [0.2, 0.25) is 0 Å². The lowest BCUT2D eigenvalue weighted by atomic mass is 9.83. The summed E-state index contributed by atoms with van der Waals surface area (Å²) in [5.41, 5.74) is 0.514. The molecule has 3 nitrogen and oxygen atoms in total. The van der Waals surface area contributed by atoms with Crippen LogP contribution in [-0.2, 0) is 14.3 Å². The van der Waals surface area contributed by atoms with E-state index in [1.165, 1.54) is 6.92 Å². The first-order chi connectivity index (χ1) is 8.85. The normalized spacial score (nSPS) is 16.2. The predicted octanol–water partition coefficient (Wildman–Crippen LogP) is 2.81. The van der Waals surface area contributed by atoms with Crippen molar-refractivity contribution in [3.8, 4) is 11.8 Å². The molecule has 0 N–H and O–H groups in total. The fourth-order valence-corrected chi connectivity index (χ4v) is 1.88. The van der Waals surface area contributed by atoms with E-state index in [0.717, 1.165) is 5.57 Å². The van der Waals surface area contributed by atoms with E-state index >= 15 is 0 Å². The van der Waals surface area contributed by atoms with Crippen molar-refractivity contribution in [3.05, 3.63) is 24.3 Å². The Morgan fingerprint density at radius 2 is 2.26 bits per heavy atom. The second-order valence-electron chi connectivity index (χ2n) is 5.38. The average Bonchev–Trinajstić information content (AvgIpc) is 2.69. The first kappa shape index (κ1) is 15.2. The first-order valence-corrected chi connectivity index (χ1v) is 6.38. The van der Waals surface area contributed by atoms with Crippen molar-refractivity contribution in [2.75, 3.05) is 0 Å². The van der Waals surface area contributed by atoms with Crippen molar-refractivity contribution in [1.82, 2.24) is 0 Å². The van der Waals surface area contributed by atoms with Crippen molar-refractivity contribution in [1.29, 1.82) is 0 Å². The minimum atomic E-state index is -0.500. The van der Waals surface area contributed by atoms with Gasteiger partial charge >= 0.3 is 5.97 Å². The molecule has 0 aromatic rings. The van der Waals surface area contributed by atoms with E-state index in [2.05, 4.69) is 18.4 Å². The van der Waals surface area contributed by atoms with Crippen molar-refractivity contribution in [3.63, 3.8) is 0 Å². The molecule has 1 unspecified atom stereocenters. The predicted molar refractivity (Wildman–Crippen MR) is 74.2 cm³/mol. The van der Waals surface area contributed by atoms with Gasteiger partial charge in [-0.1, -0.05) is 31.8 Å². The molecule has 0 fully saturated rings. The number of hydrogen-bond donors (Lipinski definition) is 0. The fraction of sp³-hybridized carbons (Fsp3) is 0.500. The third-order valence-electron chi connectivity index (χ3n) is 3.00. The van der Waals surface area contributed by atoms with Crippen molar-refractivity contribution in [2.45, 2.75) is 46.1 Å². The quantitative estimate of drug-likeness (QED) is 0.443. The van der Waals surface area contributed by atoms with E-state index in [-0.39, 0.29) is 17.2 Å². The molecule has 102 valence electrons. The highest BCUT2D eigenvalue weighted by atomic mass is 16.5. The summed E-state index contributed by atoms with van der Waals surface area (Å²) < 4.78 is 5.28. The standard InChI is InChI=1S/C16H20O3/c1-5-10-16(3,4)15(19-12(2)17)9-7-13-6-8-14(18)11-13/h5,11,15H,1,6,8,10H2,2-4H3. The molecule has 19 heavy (non-hydrogen) atoms. The lowest BCUT2D eigenvalue weighted by Crippen LogP contribution is -2.32. The summed E-state index contributed by atoms with van der Waals surface area (Å²) in [6.45, 7) is 9.04. The van der Waals surface area contributed by atoms with E-state index < -0.39 is 6.10 Å². The highest BCUT2D eigenvalue weighted by Crippen LogP contribution is 2.28. The third kappa shape index (κ3) is 4.75. The molecule has 1 rings (SSSR count). The molecule has 1 aliphatic carbocycles. The number of allylic oxidation sites excluding steroid dienone is 3. The van der Waals surface area contributed by atoms with Crippen LogP contribution >= 0.6 is 0 Å². The molecular formula is C16H20O3. The molecule has 3 heteroatoms. The zero-order valence-corrected chi connectivity index (χ0v) is 11.8. The van der Waals surface area contributed by atoms with Crippen LogP contribution in [0.5, 0.6) is 0 Å². The second kappa shape index (κ2) is 6.38. The number of ketones is 1. The number of carbonyl (C=O) groups excluding carboxylic acids is 2. The Kier molecular flexibility index (Phi) is 5.11. The smallest absolute Gasteiger partial charge is 0.303 e. The lowest BCUT2D eigenvalue weighted by Gasteiger charge is -2.28. The number of carbonyl (C=O) groups is 2. The van der Waals surface area contributed by atoms with Crippen LogP contribution in [0.25, 0.3) is 0 Å². The van der Waals surface area contributed by atoms with Gasteiger partial charge in [0.15, 0.2) is 11.9 Å². The van der Waals surface area contributed by atoms with Gasteiger partial charge in [0, 0.05) is 24.3 Å². The molecule has 0 aromatic carbocycles. The Balaban J connectivity index is 2.89. The molecule has 0 aliphatic heterocycles. The Hall–Kier alpha value is -1.82. The van der Waals surface area contributed by atoms with Crippen molar-refractivity contribution in [2.24, 2.45) is 5.41 Å². The Labute approximate surface area is 114 Å². The van der Waals surface area contributed by atoms with Crippen LogP contribution in [0.1, 0.15) is 40.0 Å². The van der Waals surface area contributed by atoms with Crippen LogP contribution in [0.4, 0.5) is 0 Å². The molecule has 0 radical (unpaired) electrons. The van der Waals surface area contributed by atoms with Gasteiger partial charge in [0.25, 0.3) is 0 Å². The molecule has 0 saturated carbocycles. The van der Waals surface area contributed by atoms with Gasteiger partial charge in [-0.15, -0.1) is 6.58 Å². The van der Waals surface area contributed by atoms with E-state index in [1.807, 2.05) is 13.8 Å². The zero-order valence-electron chi connectivity index (χ0n) is 11.8. The Morgan fingerprint density at radius 1 is 1.58 bits per heavy atom. The van der Waals surface area contributed by atoms with Crippen LogP contribution in [-0.4, -0.2) is 17.9 Å².